The lowest BCUT2D eigenvalue weighted by molar-refractivity contribution is -0.126. The Labute approximate surface area is 162 Å². The summed E-state index contributed by atoms with van der Waals surface area (Å²) in [5.41, 5.74) is 0. The van der Waals surface area contributed by atoms with Crippen LogP contribution in [-0.2, 0) is 19.7 Å². The van der Waals surface area contributed by atoms with Crippen LogP contribution in [0.25, 0.3) is 0 Å². The molecule has 2 aliphatic heterocycles. The summed E-state index contributed by atoms with van der Waals surface area (Å²) < 4.78 is 33.7. The fraction of sp³-hybridized carbons (Fsp3) is 0.882. The molecule has 0 bridgehead atoms. The average molecular weight is 405 g/mol. The molecule has 2 aliphatic rings. The molecule has 2 heterocycles. The Kier molecular flexibility index (Phi) is 7.87. The lowest BCUT2D eigenvalue weighted by Crippen LogP contribution is -2.56. The number of nitrogens with zero attached hydrogens (tertiary/aromatic N) is 3. The number of hydrogen-bond donors (Lipinski definition) is 1. The van der Waals surface area contributed by atoms with Gasteiger partial charge < -0.3 is 15.0 Å². The number of piperidine rings is 1. The van der Waals surface area contributed by atoms with E-state index in [9.17, 15) is 18.0 Å². The van der Waals surface area contributed by atoms with Crippen molar-refractivity contribution in [3.63, 3.8) is 0 Å². The minimum atomic E-state index is -3.64. The molecule has 10 heteroatoms. The fourth-order valence-corrected chi connectivity index (χ4v) is 4.99. The predicted octanol–water partition coefficient (Wildman–Crippen LogP) is 0.632. The molecule has 0 spiro atoms. The maximum absolute atomic E-state index is 13.0. The highest BCUT2D eigenvalue weighted by Gasteiger charge is 2.37. The zero-order chi connectivity index (χ0) is 20.0. The first-order chi connectivity index (χ1) is 12.8. The molecule has 0 aromatic rings. The molecular weight excluding hydrogens is 372 g/mol. The van der Waals surface area contributed by atoms with Crippen molar-refractivity contribution in [3.05, 3.63) is 0 Å². The van der Waals surface area contributed by atoms with Crippen LogP contribution in [0.15, 0.2) is 0 Å². The summed E-state index contributed by atoms with van der Waals surface area (Å²) in [5.74, 6) is -0.389. The molecule has 1 N–H and O–H groups in total. The minimum absolute atomic E-state index is 0.0728. The average Bonchev–Trinajstić information content (AvgIpc) is 2.68. The van der Waals surface area contributed by atoms with Gasteiger partial charge in [-0.15, -0.1) is 0 Å². The smallest absolute Gasteiger partial charge is 0.409 e. The Balaban J connectivity index is 1.94. The van der Waals surface area contributed by atoms with Crippen LogP contribution in [0, 0.1) is 5.92 Å². The van der Waals surface area contributed by atoms with Gasteiger partial charge >= 0.3 is 6.09 Å². The monoisotopic (exact) mass is 404 g/mol. The van der Waals surface area contributed by atoms with E-state index in [1.165, 1.54) is 13.5 Å². The number of ether oxygens (including phenoxy) is 1. The first-order valence-corrected chi connectivity index (χ1v) is 11.2. The summed E-state index contributed by atoms with van der Waals surface area (Å²) >= 11 is 0. The highest BCUT2D eigenvalue weighted by molar-refractivity contribution is 7.86. The molecule has 0 radical (unpaired) electrons. The van der Waals surface area contributed by atoms with E-state index in [4.69, 9.17) is 4.74 Å². The number of carbonyl (C=O) groups excluding carboxylic acids is 2. The van der Waals surface area contributed by atoms with Gasteiger partial charge in [-0.3, -0.25) is 4.79 Å². The molecule has 156 valence electrons. The quantitative estimate of drug-likeness (QED) is 0.700. The van der Waals surface area contributed by atoms with Gasteiger partial charge in [-0.2, -0.15) is 17.0 Å². The van der Waals surface area contributed by atoms with Gasteiger partial charge in [-0.25, -0.2) is 4.79 Å². The number of hydrogen-bond acceptors (Lipinski definition) is 5. The number of amides is 2. The fourth-order valence-electron chi connectivity index (χ4n) is 3.31. The van der Waals surface area contributed by atoms with Crippen LogP contribution < -0.4 is 5.32 Å². The number of rotatable bonds is 6. The van der Waals surface area contributed by atoms with E-state index < -0.39 is 16.3 Å². The van der Waals surface area contributed by atoms with E-state index in [1.54, 1.807) is 6.92 Å². The molecule has 2 fully saturated rings. The second kappa shape index (κ2) is 9.70. The lowest BCUT2D eigenvalue weighted by Gasteiger charge is -2.38. The van der Waals surface area contributed by atoms with Gasteiger partial charge in [0.1, 0.15) is 0 Å². The standard InChI is InChI=1S/C17H32N4O5S/c1-4-14(3)18-16(22)15-7-6-8-21(13-15)27(24,25)20-11-9-19(10-12-20)17(23)26-5-2/h14-15H,4-13H2,1-3H3,(H,18,22). The largest absolute Gasteiger partial charge is 0.450 e. The molecule has 27 heavy (non-hydrogen) atoms. The van der Waals surface area contributed by atoms with Crippen LogP contribution in [0.4, 0.5) is 4.79 Å². The van der Waals surface area contributed by atoms with Gasteiger partial charge in [0.05, 0.1) is 12.5 Å². The van der Waals surface area contributed by atoms with E-state index >= 15 is 0 Å². The highest BCUT2D eigenvalue weighted by atomic mass is 32.2. The van der Waals surface area contributed by atoms with Crippen LogP contribution in [0.3, 0.4) is 0 Å². The summed E-state index contributed by atoms with van der Waals surface area (Å²) in [5, 5.41) is 2.95. The Morgan fingerprint density at radius 2 is 1.78 bits per heavy atom. The normalized spacial score (nSPS) is 23.7. The van der Waals surface area contributed by atoms with Crippen molar-refractivity contribution in [2.75, 3.05) is 45.9 Å². The molecule has 2 atom stereocenters. The van der Waals surface area contributed by atoms with E-state index in [0.717, 1.165) is 6.42 Å². The first kappa shape index (κ1) is 21.9. The zero-order valence-corrected chi connectivity index (χ0v) is 17.3. The first-order valence-electron chi connectivity index (χ1n) is 9.76. The molecular formula is C17H32N4O5S. The molecule has 0 aromatic carbocycles. The molecule has 2 amide bonds. The van der Waals surface area contributed by atoms with E-state index in [-0.39, 0.29) is 37.5 Å². The van der Waals surface area contributed by atoms with Crippen molar-refractivity contribution in [2.45, 2.75) is 46.1 Å². The number of carbonyl (C=O) groups is 2. The van der Waals surface area contributed by atoms with Crippen LogP contribution in [0.5, 0.6) is 0 Å². The van der Waals surface area contributed by atoms with Crippen molar-refractivity contribution in [3.8, 4) is 0 Å². The number of piperazine rings is 1. The Morgan fingerprint density at radius 1 is 1.11 bits per heavy atom. The summed E-state index contributed by atoms with van der Waals surface area (Å²) in [6.07, 6.45) is 1.80. The summed E-state index contributed by atoms with van der Waals surface area (Å²) in [6, 6.07) is 0.0837. The molecule has 0 aliphatic carbocycles. The molecule has 2 rings (SSSR count). The van der Waals surface area contributed by atoms with Gasteiger partial charge in [0.25, 0.3) is 10.2 Å². The maximum atomic E-state index is 13.0. The van der Waals surface area contributed by atoms with E-state index in [1.807, 2.05) is 13.8 Å². The molecule has 0 saturated carbocycles. The molecule has 2 unspecified atom stereocenters. The predicted molar refractivity (Wildman–Crippen MR) is 101 cm³/mol. The Hall–Kier alpha value is -1.39. The van der Waals surface area contributed by atoms with Crippen molar-refractivity contribution >= 4 is 22.2 Å². The van der Waals surface area contributed by atoms with Crippen LogP contribution in [0.2, 0.25) is 0 Å². The number of nitrogens with one attached hydrogen (secondary N) is 1. The van der Waals surface area contributed by atoms with Gasteiger partial charge in [0.2, 0.25) is 5.91 Å². The minimum Gasteiger partial charge on any atom is -0.450 e. The van der Waals surface area contributed by atoms with Crippen molar-refractivity contribution in [1.29, 1.82) is 0 Å². The molecule has 9 nitrogen and oxygen atoms in total. The molecule has 2 saturated heterocycles. The summed E-state index contributed by atoms with van der Waals surface area (Å²) in [6.45, 7) is 7.71. The third-order valence-corrected chi connectivity index (χ3v) is 7.18. The second-order valence-corrected chi connectivity index (χ2v) is 9.04. The second-order valence-electron chi connectivity index (χ2n) is 7.11. The van der Waals surface area contributed by atoms with Crippen LogP contribution in [0.1, 0.15) is 40.0 Å². The topological polar surface area (TPSA) is 99.3 Å². The van der Waals surface area contributed by atoms with Gasteiger partial charge in [-0.1, -0.05) is 6.92 Å². The van der Waals surface area contributed by atoms with Gasteiger partial charge in [-0.05, 0) is 33.1 Å². The van der Waals surface area contributed by atoms with Crippen molar-refractivity contribution < 1.29 is 22.7 Å². The van der Waals surface area contributed by atoms with Gasteiger partial charge in [0, 0.05) is 45.3 Å². The van der Waals surface area contributed by atoms with E-state index in [0.29, 0.717) is 39.1 Å². The SMILES string of the molecule is CCOC(=O)N1CCN(S(=O)(=O)N2CCCC(C(=O)NC(C)CC)C2)CC1. The van der Waals surface area contributed by atoms with Crippen LogP contribution >= 0.6 is 0 Å². The Morgan fingerprint density at radius 3 is 2.37 bits per heavy atom. The third-order valence-electron chi connectivity index (χ3n) is 5.17. The molecule has 0 aromatic heterocycles. The van der Waals surface area contributed by atoms with Gasteiger partial charge in [0.15, 0.2) is 0 Å². The summed E-state index contributed by atoms with van der Waals surface area (Å²) in [7, 11) is -3.64. The zero-order valence-electron chi connectivity index (χ0n) is 16.5. The maximum Gasteiger partial charge on any atom is 0.409 e. The van der Waals surface area contributed by atoms with E-state index in [2.05, 4.69) is 5.32 Å². The lowest BCUT2D eigenvalue weighted by atomic mass is 9.98. The third kappa shape index (κ3) is 5.55. The Bertz CT molecular complexity index is 619. The summed E-state index contributed by atoms with van der Waals surface area (Å²) in [4.78, 5) is 25.7. The highest BCUT2D eigenvalue weighted by Crippen LogP contribution is 2.22. The van der Waals surface area contributed by atoms with Crippen molar-refractivity contribution in [1.82, 2.24) is 18.8 Å². The van der Waals surface area contributed by atoms with Crippen LogP contribution in [-0.4, -0.2) is 85.8 Å². The van der Waals surface area contributed by atoms with Crippen molar-refractivity contribution in [2.24, 2.45) is 5.92 Å².